The molecule has 0 spiro atoms. The minimum absolute atomic E-state index is 0.0372. The van der Waals surface area contributed by atoms with Gasteiger partial charge < -0.3 is 0 Å². The lowest BCUT2D eigenvalue weighted by Crippen LogP contribution is -2.12. The number of nitrogens with one attached hydrogen (secondary N) is 1. The molecule has 0 aliphatic heterocycles. The van der Waals surface area contributed by atoms with E-state index < -0.39 is 14.9 Å². The number of nitrogens with zero attached hydrogens (tertiary/aromatic N) is 3. The molecule has 11 heteroatoms. The second-order valence-corrected chi connectivity index (χ2v) is 8.90. The first-order chi connectivity index (χ1) is 13.3. The molecule has 0 atom stereocenters. The molecule has 0 radical (unpaired) electrons. The first-order valence-corrected chi connectivity index (χ1v) is 10.9. The monoisotopic (exact) mass is 438 g/mol. The van der Waals surface area contributed by atoms with E-state index in [0.29, 0.717) is 5.56 Å². The molecule has 3 aromatic rings. The van der Waals surface area contributed by atoms with Crippen molar-refractivity contribution in [3.8, 4) is 10.6 Å². The molecule has 8 nitrogen and oxygen atoms in total. The number of hydrogen-bond acceptors (Lipinski definition) is 7. The van der Waals surface area contributed by atoms with Gasteiger partial charge in [-0.05, 0) is 30.2 Å². The van der Waals surface area contributed by atoms with Crippen LogP contribution in [0.25, 0.3) is 10.6 Å². The van der Waals surface area contributed by atoms with E-state index in [-0.39, 0.29) is 25.7 Å². The number of aryl methyl sites for hydroxylation is 1. The molecule has 0 unspecified atom stereocenters. The molecule has 2 aromatic carbocycles. The van der Waals surface area contributed by atoms with Gasteiger partial charge in [-0.2, -0.15) is 0 Å². The van der Waals surface area contributed by atoms with Crippen molar-refractivity contribution in [3.05, 3.63) is 63.2 Å². The maximum atomic E-state index is 12.5. The summed E-state index contributed by atoms with van der Waals surface area (Å²) in [7, 11) is -3.83. The third kappa shape index (κ3) is 4.46. The van der Waals surface area contributed by atoms with Crippen molar-refractivity contribution in [2.45, 2.75) is 24.7 Å². The minimum atomic E-state index is -3.83. The number of non-ortho nitro benzene ring substituents is 1. The van der Waals surface area contributed by atoms with Gasteiger partial charge in [0.2, 0.25) is 5.13 Å². The molecule has 1 aromatic heterocycles. The number of nitro benzene ring substituents is 1. The Morgan fingerprint density at radius 3 is 2.54 bits per heavy atom. The molecule has 0 saturated heterocycles. The van der Waals surface area contributed by atoms with E-state index in [1.54, 1.807) is 12.1 Å². The molecule has 1 heterocycles. The molecule has 0 fully saturated rings. The molecular formula is C17H15ClN4O4S2. The van der Waals surface area contributed by atoms with Crippen molar-refractivity contribution in [1.29, 1.82) is 0 Å². The fourth-order valence-electron chi connectivity index (χ4n) is 2.46. The molecule has 28 heavy (non-hydrogen) atoms. The van der Waals surface area contributed by atoms with Crippen LogP contribution < -0.4 is 4.72 Å². The van der Waals surface area contributed by atoms with Crippen molar-refractivity contribution in [2.24, 2.45) is 0 Å². The lowest BCUT2D eigenvalue weighted by atomic mass is 10.1. The van der Waals surface area contributed by atoms with Gasteiger partial charge in [-0.15, -0.1) is 10.2 Å². The van der Waals surface area contributed by atoms with Gasteiger partial charge in [0.25, 0.3) is 15.7 Å². The normalized spacial score (nSPS) is 11.4. The Balaban J connectivity index is 1.84. The largest absolute Gasteiger partial charge is 0.270 e. The molecule has 0 aliphatic rings. The smallest absolute Gasteiger partial charge is 0.258 e. The number of anilines is 1. The van der Waals surface area contributed by atoms with Crippen molar-refractivity contribution in [1.82, 2.24) is 10.2 Å². The number of sulfonamides is 1. The highest BCUT2D eigenvalue weighted by molar-refractivity contribution is 7.93. The maximum absolute atomic E-state index is 12.5. The number of halogens is 1. The van der Waals surface area contributed by atoms with Gasteiger partial charge >= 0.3 is 0 Å². The van der Waals surface area contributed by atoms with Crippen LogP contribution in [0.2, 0.25) is 5.02 Å². The van der Waals surface area contributed by atoms with Crippen LogP contribution in [-0.4, -0.2) is 23.5 Å². The van der Waals surface area contributed by atoms with E-state index in [4.69, 9.17) is 11.6 Å². The van der Waals surface area contributed by atoms with Crippen LogP contribution >= 0.6 is 22.9 Å². The Kier molecular flexibility index (Phi) is 5.92. The van der Waals surface area contributed by atoms with Gasteiger partial charge in [-0.25, -0.2) is 8.42 Å². The van der Waals surface area contributed by atoms with E-state index >= 15 is 0 Å². The zero-order chi connectivity index (χ0) is 20.3. The quantitative estimate of drug-likeness (QED) is 0.428. The Labute approximate surface area is 170 Å². The van der Waals surface area contributed by atoms with Crippen molar-refractivity contribution in [2.75, 3.05) is 4.72 Å². The first kappa shape index (κ1) is 20.2. The van der Waals surface area contributed by atoms with Gasteiger partial charge in [0.1, 0.15) is 0 Å². The van der Waals surface area contributed by atoms with Crippen LogP contribution in [0.4, 0.5) is 10.8 Å². The standard InChI is InChI=1S/C17H15ClN4O4S2/c1-2-3-11-4-7-13(8-5-11)28(25,26)21-17-20-19-16(27-17)14-10-12(22(23)24)6-9-15(14)18/h4-10H,2-3H2,1H3,(H,20,21). The highest BCUT2D eigenvalue weighted by atomic mass is 35.5. The third-order valence-electron chi connectivity index (χ3n) is 3.81. The number of hydrogen-bond donors (Lipinski definition) is 1. The average Bonchev–Trinajstić information content (AvgIpc) is 3.10. The summed E-state index contributed by atoms with van der Waals surface area (Å²) in [6.07, 6.45) is 1.84. The SMILES string of the molecule is CCCc1ccc(S(=O)(=O)Nc2nnc(-c3cc([N+](=O)[O-])ccc3Cl)s2)cc1. The lowest BCUT2D eigenvalue weighted by molar-refractivity contribution is -0.384. The molecular weight excluding hydrogens is 424 g/mol. The van der Waals surface area contributed by atoms with Crippen LogP contribution in [0.15, 0.2) is 47.4 Å². The zero-order valence-corrected chi connectivity index (χ0v) is 17.0. The summed E-state index contributed by atoms with van der Waals surface area (Å²) in [4.78, 5) is 10.5. The van der Waals surface area contributed by atoms with Gasteiger partial charge in [-0.1, -0.05) is 48.4 Å². The van der Waals surface area contributed by atoms with E-state index in [1.807, 2.05) is 6.92 Å². The van der Waals surface area contributed by atoms with E-state index in [2.05, 4.69) is 14.9 Å². The topological polar surface area (TPSA) is 115 Å². The molecule has 0 amide bonds. The third-order valence-corrected chi connectivity index (χ3v) is 6.50. The lowest BCUT2D eigenvalue weighted by Gasteiger charge is -2.05. The van der Waals surface area contributed by atoms with Crippen LogP contribution in [0.1, 0.15) is 18.9 Å². The molecule has 3 rings (SSSR count). The fraction of sp³-hybridized carbons (Fsp3) is 0.176. The summed E-state index contributed by atoms with van der Waals surface area (Å²) in [6.45, 7) is 2.05. The Morgan fingerprint density at radius 2 is 1.89 bits per heavy atom. The van der Waals surface area contributed by atoms with Crippen LogP contribution in [0.3, 0.4) is 0 Å². The first-order valence-electron chi connectivity index (χ1n) is 8.19. The maximum Gasteiger partial charge on any atom is 0.270 e. The van der Waals surface area contributed by atoms with Crippen LogP contribution in [0, 0.1) is 10.1 Å². The molecule has 0 aliphatic carbocycles. The predicted molar refractivity (Wildman–Crippen MR) is 108 cm³/mol. The van der Waals surface area contributed by atoms with Crippen molar-refractivity contribution >= 4 is 43.8 Å². The van der Waals surface area contributed by atoms with Gasteiger partial charge in [0.15, 0.2) is 5.01 Å². The van der Waals surface area contributed by atoms with E-state index in [1.165, 1.54) is 30.3 Å². The fourth-order valence-corrected chi connectivity index (χ4v) is 4.73. The number of rotatable bonds is 7. The minimum Gasteiger partial charge on any atom is -0.258 e. The second-order valence-electron chi connectivity index (χ2n) is 5.83. The number of benzene rings is 2. The van der Waals surface area contributed by atoms with Crippen LogP contribution in [-0.2, 0) is 16.4 Å². The van der Waals surface area contributed by atoms with Crippen LogP contribution in [0.5, 0.6) is 0 Å². The number of aromatic nitrogens is 2. The Morgan fingerprint density at radius 1 is 1.18 bits per heavy atom. The predicted octanol–water partition coefficient (Wildman–Crippen LogP) is 4.52. The highest BCUT2D eigenvalue weighted by Gasteiger charge is 2.19. The molecule has 0 bridgehead atoms. The zero-order valence-electron chi connectivity index (χ0n) is 14.6. The molecule has 1 N–H and O–H groups in total. The summed E-state index contributed by atoms with van der Waals surface area (Å²) < 4.78 is 27.5. The highest BCUT2D eigenvalue weighted by Crippen LogP contribution is 2.35. The summed E-state index contributed by atoms with van der Waals surface area (Å²) in [5.41, 5.74) is 1.21. The summed E-state index contributed by atoms with van der Waals surface area (Å²) in [5.74, 6) is 0. The van der Waals surface area contributed by atoms with Gasteiger partial charge in [-0.3, -0.25) is 14.8 Å². The Bertz CT molecular complexity index is 1110. The van der Waals surface area contributed by atoms with Gasteiger partial charge in [0.05, 0.1) is 14.8 Å². The summed E-state index contributed by atoms with van der Waals surface area (Å²) in [6, 6.07) is 10.5. The summed E-state index contributed by atoms with van der Waals surface area (Å²) >= 11 is 7.03. The van der Waals surface area contributed by atoms with Crippen molar-refractivity contribution in [3.63, 3.8) is 0 Å². The van der Waals surface area contributed by atoms with E-state index in [9.17, 15) is 18.5 Å². The summed E-state index contributed by atoms with van der Waals surface area (Å²) in [5, 5.41) is 19.2. The number of nitro groups is 1. The average molecular weight is 439 g/mol. The van der Waals surface area contributed by atoms with Crippen molar-refractivity contribution < 1.29 is 13.3 Å². The van der Waals surface area contributed by atoms with E-state index in [0.717, 1.165) is 29.7 Å². The molecule has 0 saturated carbocycles. The second kappa shape index (κ2) is 8.21. The van der Waals surface area contributed by atoms with Gasteiger partial charge in [0, 0.05) is 17.7 Å². The molecule has 146 valence electrons. The Hall–Kier alpha value is -2.56.